The number of hydrogen-bond donors (Lipinski definition) is 2. The van der Waals surface area contributed by atoms with Crippen LogP contribution in [0.4, 0.5) is 15.8 Å². The molecule has 0 heterocycles. The van der Waals surface area contributed by atoms with Crippen molar-refractivity contribution in [1.29, 1.82) is 0 Å². The predicted octanol–water partition coefficient (Wildman–Crippen LogP) is 3.42. The Morgan fingerprint density at radius 3 is 2.40 bits per heavy atom. The lowest BCUT2D eigenvalue weighted by atomic mass is 9.84. The molecular weight excluding hydrogens is 255 g/mol. The number of halogens is 1. The maximum atomic E-state index is 13.0. The van der Waals surface area contributed by atoms with E-state index in [4.69, 9.17) is 5.73 Å². The molecule has 1 atom stereocenters. The summed E-state index contributed by atoms with van der Waals surface area (Å²) in [5.74, 6) is 1.59. The summed E-state index contributed by atoms with van der Waals surface area (Å²) in [6, 6.07) is 4.08. The molecule has 1 amide bonds. The number of carbonyl (C=O) groups is 1. The molecule has 20 heavy (non-hydrogen) atoms. The fraction of sp³-hybridized carbons (Fsp3) is 0.562. The summed E-state index contributed by atoms with van der Waals surface area (Å²) >= 11 is 0. The zero-order valence-corrected chi connectivity index (χ0v) is 11.7. The zero-order chi connectivity index (χ0) is 14.3. The van der Waals surface area contributed by atoms with Crippen LogP contribution in [0.5, 0.6) is 0 Å². The first-order valence-corrected chi connectivity index (χ1v) is 7.42. The van der Waals surface area contributed by atoms with Gasteiger partial charge >= 0.3 is 0 Å². The van der Waals surface area contributed by atoms with Crippen molar-refractivity contribution in [2.75, 3.05) is 11.1 Å². The van der Waals surface area contributed by atoms with E-state index in [2.05, 4.69) is 5.32 Å². The first kappa shape index (κ1) is 13.4. The van der Waals surface area contributed by atoms with Gasteiger partial charge in [-0.25, -0.2) is 4.39 Å². The van der Waals surface area contributed by atoms with E-state index in [0.29, 0.717) is 11.6 Å². The number of hydrogen-bond acceptors (Lipinski definition) is 2. The quantitative estimate of drug-likeness (QED) is 0.810. The molecular formula is C16H21FN2O. The van der Waals surface area contributed by atoms with Crippen molar-refractivity contribution in [2.24, 2.45) is 23.7 Å². The van der Waals surface area contributed by atoms with Crippen molar-refractivity contribution in [3.8, 4) is 0 Å². The normalized spacial score (nSPS) is 19.9. The van der Waals surface area contributed by atoms with Gasteiger partial charge in [0.1, 0.15) is 5.82 Å². The van der Waals surface area contributed by atoms with E-state index in [1.807, 2.05) is 6.92 Å². The van der Waals surface area contributed by atoms with Crippen LogP contribution in [0, 0.1) is 29.5 Å². The molecule has 4 heteroatoms. The minimum atomic E-state index is -0.387. The molecule has 2 saturated carbocycles. The number of benzene rings is 1. The molecule has 3 N–H and O–H groups in total. The van der Waals surface area contributed by atoms with E-state index in [-0.39, 0.29) is 23.3 Å². The molecule has 108 valence electrons. The Balaban J connectivity index is 1.68. The highest BCUT2D eigenvalue weighted by atomic mass is 19.1. The van der Waals surface area contributed by atoms with Crippen LogP contribution in [0.25, 0.3) is 0 Å². The van der Waals surface area contributed by atoms with Gasteiger partial charge in [-0.2, -0.15) is 0 Å². The Kier molecular flexibility index (Phi) is 3.40. The van der Waals surface area contributed by atoms with E-state index < -0.39 is 0 Å². The summed E-state index contributed by atoms with van der Waals surface area (Å²) in [6.45, 7) is 2.01. The molecule has 1 unspecified atom stereocenters. The average Bonchev–Trinajstić information content (AvgIpc) is 3.25. The second kappa shape index (κ2) is 5.08. The molecule has 0 bridgehead atoms. The van der Waals surface area contributed by atoms with Crippen LogP contribution in [0.1, 0.15) is 32.6 Å². The van der Waals surface area contributed by atoms with Gasteiger partial charge in [0, 0.05) is 5.92 Å². The summed E-state index contributed by atoms with van der Waals surface area (Å²) in [6.07, 6.45) is 5.05. The fourth-order valence-electron chi connectivity index (χ4n) is 3.23. The van der Waals surface area contributed by atoms with Gasteiger partial charge in [-0.05, 0) is 61.6 Å². The van der Waals surface area contributed by atoms with Crippen molar-refractivity contribution < 1.29 is 9.18 Å². The predicted molar refractivity (Wildman–Crippen MR) is 77.5 cm³/mol. The fourth-order valence-corrected chi connectivity index (χ4v) is 3.23. The third-order valence-corrected chi connectivity index (χ3v) is 4.60. The summed E-state index contributed by atoms with van der Waals surface area (Å²) in [7, 11) is 0. The van der Waals surface area contributed by atoms with E-state index in [1.54, 1.807) is 0 Å². The van der Waals surface area contributed by atoms with Crippen molar-refractivity contribution in [2.45, 2.75) is 32.6 Å². The van der Waals surface area contributed by atoms with Crippen LogP contribution in [-0.2, 0) is 4.79 Å². The van der Waals surface area contributed by atoms with Crippen LogP contribution in [0.3, 0.4) is 0 Å². The van der Waals surface area contributed by atoms with Gasteiger partial charge in [-0.3, -0.25) is 4.79 Å². The number of nitrogen functional groups attached to an aromatic ring is 1. The van der Waals surface area contributed by atoms with Crippen LogP contribution in [0.2, 0.25) is 0 Å². The van der Waals surface area contributed by atoms with Crippen LogP contribution in [-0.4, -0.2) is 5.91 Å². The maximum Gasteiger partial charge on any atom is 0.227 e. The second-order valence-corrected chi connectivity index (χ2v) is 6.26. The first-order valence-electron chi connectivity index (χ1n) is 7.42. The van der Waals surface area contributed by atoms with Gasteiger partial charge in [-0.1, -0.05) is 6.92 Å². The lowest BCUT2D eigenvalue weighted by Crippen LogP contribution is -2.29. The summed E-state index contributed by atoms with van der Waals surface area (Å²) < 4.78 is 13.0. The number of anilines is 2. The van der Waals surface area contributed by atoms with E-state index in [1.165, 1.54) is 43.9 Å². The number of rotatable bonds is 5. The zero-order valence-electron chi connectivity index (χ0n) is 11.7. The molecule has 0 aromatic heterocycles. The summed E-state index contributed by atoms with van der Waals surface area (Å²) in [4.78, 5) is 12.4. The minimum absolute atomic E-state index is 0.000506. The SMILES string of the molecule is CC(C(=O)Nc1ccc(F)cc1N)C(C1CC1)C1CC1. The highest BCUT2D eigenvalue weighted by molar-refractivity contribution is 5.95. The number of nitrogens with two attached hydrogens (primary N) is 1. The topological polar surface area (TPSA) is 55.1 Å². The second-order valence-electron chi connectivity index (χ2n) is 6.26. The molecule has 2 aliphatic carbocycles. The Morgan fingerprint density at radius 2 is 1.90 bits per heavy atom. The molecule has 2 aliphatic rings. The average molecular weight is 276 g/mol. The Labute approximate surface area is 118 Å². The number of amides is 1. The lowest BCUT2D eigenvalue weighted by Gasteiger charge is -2.23. The molecule has 1 aromatic rings. The van der Waals surface area contributed by atoms with Gasteiger partial charge in [0.2, 0.25) is 5.91 Å². The lowest BCUT2D eigenvalue weighted by molar-refractivity contribution is -0.121. The Bertz CT molecular complexity index is 511. The Hall–Kier alpha value is -1.58. The van der Waals surface area contributed by atoms with Gasteiger partial charge in [0.25, 0.3) is 0 Å². The van der Waals surface area contributed by atoms with Crippen LogP contribution >= 0.6 is 0 Å². The molecule has 2 fully saturated rings. The third-order valence-electron chi connectivity index (χ3n) is 4.60. The standard InChI is InChI=1S/C16H21FN2O/c1-9(15(10-2-3-10)11-4-5-11)16(20)19-14-7-6-12(17)8-13(14)18/h6-11,15H,2-5,18H2,1H3,(H,19,20). The van der Waals surface area contributed by atoms with Crippen LogP contribution < -0.4 is 11.1 Å². The van der Waals surface area contributed by atoms with Crippen molar-refractivity contribution in [3.63, 3.8) is 0 Å². The Morgan fingerprint density at radius 1 is 1.30 bits per heavy atom. The van der Waals surface area contributed by atoms with Gasteiger partial charge < -0.3 is 11.1 Å². The number of carbonyl (C=O) groups excluding carboxylic acids is 1. The highest BCUT2D eigenvalue weighted by Gasteiger charge is 2.45. The molecule has 3 nitrogen and oxygen atoms in total. The molecule has 0 saturated heterocycles. The van der Waals surface area contributed by atoms with E-state index in [9.17, 15) is 9.18 Å². The molecule has 1 aromatic carbocycles. The van der Waals surface area contributed by atoms with Gasteiger partial charge in [0.15, 0.2) is 0 Å². The molecule has 0 radical (unpaired) electrons. The highest BCUT2D eigenvalue weighted by Crippen LogP contribution is 2.52. The van der Waals surface area contributed by atoms with Gasteiger partial charge in [-0.15, -0.1) is 0 Å². The first-order chi connectivity index (χ1) is 9.56. The molecule has 0 spiro atoms. The molecule has 3 rings (SSSR count). The van der Waals surface area contributed by atoms with E-state index >= 15 is 0 Å². The molecule has 0 aliphatic heterocycles. The smallest absolute Gasteiger partial charge is 0.227 e. The summed E-state index contributed by atoms with van der Waals surface area (Å²) in [5.41, 5.74) is 6.52. The van der Waals surface area contributed by atoms with Gasteiger partial charge in [0.05, 0.1) is 11.4 Å². The van der Waals surface area contributed by atoms with Crippen molar-refractivity contribution >= 4 is 17.3 Å². The maximum absolute atomic E-state index is 13.0. The minimum Gasteiger partial charge on any atom is -0.397 e. The third kappa shape index (κ3) is 2.79. The largest absolute Gasteiger partial charge is 0.397 e. The number of nitrogens with one attached hydrogen (secondary N) is 1. The summed E-state index contributed by atoms with van der Waals surface area (Å²) in [5, 5.41) is 2.85. The van der Waals surface area contributed by atoms with E-state index in [0.717, 1.165) is 11.8 Å². The monoisotopic (exact) mass is 276 g/mol. The van der Waals surface area contributed by atoms with Crippen LogP contribution in [0.15, 0.2) is 18.2 Å². The van der Waals surface area contributed by atoms with Crippen molar-refractivity contribution in [3.05, 3.63) is 24.0 Å². The van der Waals surface area contributed by atoms with Crippen molar-refractivity contribution in [1.82, 2.24) is 0 Å².